The summed E-state index contributed by atoms with van der Waals surface area (Å²) in [6, 6.07) is 10.6. The van der Waals surface area contributed by atoms with Gasteiger partial charge in [0.2, 0.25) is 0 Å². The topological polar surface area (TPSA) is 64.8 Å². The van der Waals surface area contributed by atoms with E-state index in [4.69, 9.17) is 10.2 Å². The summed E-state index contributed by atoms with van der Waals surface area (Å²) in [5, 5.41) is 15.3. The van der Waals surface area contributed by atoms with Crippen LogP contribution >= 0.6 is 22.7 Å². The number of rotatable bonds is 7. The second-order valence-corrected chi connectivity index (χ2v) is 10.3. The van der Waals surface area contributed by atoms with Crippen molar-refractivity contribution < 1.29 is 0 Å². The summed E-state index contributed by atoms with van der Waals surface area (Å²) in [6.45, 7) is 6.69. The van der Waals surface area contributed by atoms with Gasteiger partial charge in [0.1, 0.15) is 11.8 Å². The second-order valence-electron chi connectivity index (χ2n) is 8.19. The van der Waals surface area contributed by atoms with Crippen LogP contribution < -0.4 is 5.32 Å². The van der Waals surface area contributed by atoms with Crippen LogP contribution in [-0.4, -0.2) is 21.4 Å². The zero-order valence-corrected chi connectivity index (χ0v) is 19.1. The highest BCUT2D eigenvalue weighted by Gasteiger charge is 2.26. The minimum atomic E-state index is 0.375. The first-order chi connectivity index (χ1) is 14.6. The van der Waals surface area contributed by atoms with Crippen molar-refractivity contribution in [1.82, 2.24) is 14.9 Å². The molecule has 1 atom stereocenters. The molecule has 156 valence electrons. The molecule has 30 heavy (non-hydrogen) atoms. The van der Waals surface area contributed by atoms with Crippen LogP contribution in [0.25, 0.3) is 0 Å². The first kappa shape index (κ1) is 21.0. The molecule has 0 unspecified atom stereocenters. The molecule has 0 amide bonds. The van der Waals surface area contributed by atoms with E-state index in [9.17, 15) is 0 Å². The third-order valence-corrected chi connectivity index (χ3v) is 7.16. The van der Waals surface area contributed by atoms with Crippen LogP contribution in [0, 0.1) is 17.2 Å². The molecule has 5 nitrogen and oxygen atoms in total. The number of nitriles is 1. The lowest BCUT2D eigenvalue weighted by atomic mass is 10.00. The molecular weight excluding hydrogens is 410 g/mol. The summed E-state index contributed by atoms with van der Waals surface area (Å²) in [6.07, 6.45) is 6.51. The number of piperidine rings is 1. The summed E-state index contributed by atoms with van der Waals surface area (Å²) >= 11 is 3.59. The molecule has 4 heterocycles. The van der Waals surface area contributed by atoms with Gasteiger partial charge in [-0.2, -0.15) is 5.26 Å². The van der Waals surface area contributed by atoms with Crippen molar-refractivity contribution in [2.75, 3.05) is 11.9 Å². The van der Waals surface area contributed by atoms with Gasteiger partial charge in [-0.3, -0.25) is 4.90 Å². The summed E-state index contributed by atoms with van der Waals surface area (Å²) in [5.74, 6) is 0.700. The highest BCUT2D eigenvalue weighted by molar-refractivity contribution is 7.13. The minimum Gasteiger partial charge on any atom is -0.330 e. The van der Waals surface area contributed by atoms with Crippen LogP contribution in [0.2, 0.25) is 0 Å². The van der Waals surface area contributed by atoms with Crippen LogP contribution in [0.4, 0.5) is 10.8 Å². The predicted molar refractivity (Wildman–Crippen MR) is 124 cm³/mol. The smallest absolute Gasteiger partial charge is 0.187 e. The number of thiophene rings is 1. The molecule has 1 N–H and O–H groups in total. The molecule has 0 bridgehead atoms. The Kier molecular flexibility index (Phi) is 6.78. The molecule has 3 aromatic heterocycles. The number of aromatic nitrogens is 2. The van der Waals surface area contributed by atoms with Crippen molar-refractivity contribution >= 4 is 33.5 Å². The van der Waals surface area contributed by atoms with E-state index in [2.05, 4.69) is 46.6 Å². The molecule has 1 aliphatic rings. The van der Waals surface area contributed by atoms with Crippen molar-refractivity contribution in [3.8, 4) is 6.07 Å². The molecular formula is C23H27N5S2. The van der Waals surface area contributed by atoms with Crippen molar-refractivity contribution in [2.24, 2.45) is 5.92 Å². The fourth-order valence-electron chi connectivity index (χ4n) is 3.89. The Bertz CT molecular complexity index is 999. The zero-order valence-electron chi connectivity index (χ0n) is 17.5. The van der Waals surface area contributed by atoms with Crippen molar-refractivity contribution in [3.63, 3.8) is 0 Å². The molecule has 7 heteroatoms. The molecule has 0 saturated carbocycles. The lowest BCUT2D eigenvalue weighted by Gasteiger charge is -2.34. The van der Waals surface area contributed by atoms with E-state index >= 15 is 0 Å². The van der Waals surface area contributed by atoms with Gasteiger partial charge in [0.05, 0.1) is 23.6 Å². The van der Waals surface area contributed by atoms with E-state index in [1.165, 1.54) is 29.0 Å². The van der Waals surface area contributed by atoms with Crippen LogP contribution in [0.15, 0.2) is 35.8 Å². The average Bonchev–Trinajstić information content (AvgIpc) is 3.38. The van der Waals surface area contributed by atoms with Crippen molar-refractivity contribution in [2.45, 2.75) is 52.1 Å². The number of pyridine rings is 1. The molecule has 3 aromatic rings. The maximum Gasteiger partial charge on any atom is 0.187 e. The average molecular weight is 438 g/mol. The lowest BCUT2D eigenvalue weighted by molar-refractivity contribution is 0.139. The maximum atomic E-state index is 8.89. The molecule has 0 aliphatic carbocycles. The quantitative estimate of drug-likeness (QED) is 0.481. The van der Waals surface area contributed by atoms with Gasteiger partial charge in [0.25, 0.3) is 0 Å². The van der Waals surface area contributed by atoms with E-state index in [0.29, 0.717) is 17.7 Å². The largest absolute Gasteiger partial charge is 0.330 e. The lowest BCUT2D eigenvalue weighted by Crippen LogP contribution is -2.32. The standard InChI is InChI=1S/C23H27N5S2/c1-16(2)11-19-8-9-20(30-19)14-28-10-4-3-5-22(28)21-15-29-23(27-21)26-18-7-6-17(12-24)25-13-18/h6-9,13,15-16,22H,3-5,10-11,14H2,1-2H3,(H,26,27)/t22-/m1/s1. The summed E-state index contributed by atoms with van der Waals surface area (Å²) in [4.78, 5) is 14.5. The van der Waals surface area contributed by atoms with Gasteiger partial charge in [-0.25, -0.2) is 9.97 Å². The van der Waals surface area contributed by atoms with Crippen molar-refractivity contribution in [1.29, 1.82) is 5.26 Å². The van der Waals surface area contributed by atoms with E-state index in [1.54, 1.807) is 23.6 Å². The highest BCUT2D eigenvalue weighted by atomic mass is 32.1. The Balaban J connectivity index is 1.43. The fraction of sp³-hybridized carbons (Fsp3) is 0.435. The molecule has 1 fully saturated rings. The monoisotopic (exact) mass is 437 g/mol. The second kappa shape index (κ2) is 9.69. The van der Waals surface area contributed by atoms with Gasteiger partial charge in [0, 0.05) is 21.7 Å². The number of anilines is 2. The minimum absolute atomic E-state index is 0.375. The number of thiazole rings is 1. The van der Waals surface area contributed by atoms with E-state index in [-0.39, 0.29) is 0 Å². The van der Waals surface area contributed by atoms with E-state index in [1.807, 2.05) is 23.5 Å². The Hall–Kier alpha value is -2.27. The summed E-state index contributed by atoms with van der Waals surface area (Å²) in [5.41, 5.74) is 2.43. The predicted octanol–water partition coefficient (Wildman–Crippen LogP) is 6.14. The van der Waals surface area contributed by atoms with Gasteiger partial charge in [0.15, 0.2) is 5.13 Å². The summed E-state index contributed by atoms with van der Waals surface area (Å²) < 4.78 is 0. The Morgan fingerprint density at radius 2 is 2.10 bits per heavy atom. The number of hydrogen-bond donors (Lipinski definition) is 1. The third kappa shape index (κ3) is 5.25. The van der Waals surface area contributed by atoms with Crippen molar-refractivity contribution in [3.05, 3.63) is 57.0 Å². The zero-order chi connectivity index (χ0) is 20.9. The molecule has 0 aromatic carbocycles. The van der Waals surface area contributed by atoms with E-state index in [0.717, 1.165) is 36.0 Å². The van der Waals surface area contributed by atoms with Crippen LogP contribution in [0.5, 0.6) is 0 Å². The maximum absolute atomic E-state index is 8.89. The molecule has 0 spiro atoms. The van der Waals surface area contributed by atoms with Crippen LogP contribution in [0.1, 0.15) is 60.3 Å². The summed E-state index contributed by atoms with van der Waals surface area (Å²) in [7, 11) is 0. The number of likely N-dealkylation sites (tertiary alicyclic amines) is 1. The molecule has 1 saturated heterocycles. The van der Waals surface area contributed by atoms with Gasteiger partial charge < -0.3 is 5.32 Å². The molecule has 0 radical (unpaired) electrons. The highest BCUT2D eigenvalue weighted by Crippen LogP contribution is 2.35. The van der Waals surface area contributed by atoms with Crippen LogP contribution in [-0.2, 0) is 13.0 Å². The first-order valence-corrected chi connectivity index (χ1v) is 12.2. The van der Waals surface area contributed by atoms with Gasteiger partial charge in [-0.05, 0) is 56.0 Å². The fourth-order valence-corrected chi connectivity index (χ4v) is 5.92. The molecule has 4 rings (SSSR count). The Morgan fingerprint density at radius 1 is 1.23 bits per heavy atom. The van der Waals surface area contributed by atoms with Gasteiger partial charge >= 0.3 is 0 Å². The van der Waals surface area contributed by atoms with Gasteiger partial charge in [-0.15, -0.1) is 22.7 Å². The first-order valence-electron chi connectivity index (χ1n) is 10.5. The van der Waals surface area contributed by atoms with E-state index < -0.39 is 0 Å². The normalized spacial score (nSPS) is 17.2. The van der Waals surface area contributed by atoms with Gasteiger partial charge in [-0.1, -0.05) is 20.3 Å². The number of hydrogen-bond acceptors (Lipinski definition) is 7. The Morgan fingerprint density at radius 3 is 2.87 bits per heavy atom. The SMILES string of the molecule is CC(C)Cc1ccc(CN2CCCC[C@@H]2c2csc(Nc3ccc(C#N)nc3)n2)s1. The third-order valence-electron chi connectivity index (χ3n) is 5.29. The number of nitrogens with one attached hydrogen (secondary N) is 1. The molecule has 1 aliphatic heterocycles. The number of nitrogens with zero attached hydrogens (tertiary/aromatic N) is 4. The Labute approximate surface area is 186 Å². The van der Waals surface area contributed by atoms with Crippen LogP contribution in [0.3, 0.4) is 0 Å².